The summed E-state index contributed by atoms with van der Waals surface area (Å²) in [6.45, 7) is -0.692. The van der Waals surface area contributed by atoms with Gasteiger partial charge in [0.1, 0.15) is 67.1 Å². The van der Waals surface area contributed by atoms with Crippen LogP contribution in [-0.4, -0.2) is 106 Å². The van der Waals surface area contributed by atoms with E-state index >= 15 is 0 Å². The zero-order valence-corrected chi connectivity index (χ0v) is 22.0. The minimum atomic E-state index is -3.24. The predicted octanol–water partition coefficient (Wildman–Crippen LogP) is -1.49. The van der Waals surface area contributed by atoms with Crippen molar-refractivity contribution in [1.82, 2.24) is 39.0 Å². The second-order valence-electron chi connectivity index (χ2n) is 9.54. The minimum Gasteiger partial charge on any atom is -0.387 e. The van der Waals surface area contributed by atoms with Gasteiger partial charge in [-0.05, 0) is 0 Å². The number of aromatic nitrogens is 8. The van der Waals surface area contributed by atoms with Gasteiger partial charge in [-0.25, -0.2) is 29.9 Å². The first-order valence-corrected chi connectivity index (χ1v) is 13.7. The maximum absolute atomic E-state index is 13.0. The molecule has 19 nitrogen and oxygen atoms in total. The first kappa shape index (κ1) is 26.5. The molecule has 3 saturated heterocycles. The van der Waals surface area contributed by atoms with Gasteiger partial charge in [0.25, 0.3) is 0 Å². The van der Waals surface area contributed by atoms with Crippen LogP contribution >= 0.6 is 8.25 Å². The standard InChI is InChI=1S/C21H25N10O9P/c22-16-10-18(26-3-24-16)30(5-28-10)20-13(33)14-9(39-20)2-37-41(34)40-15-12(32)8(1-35-7-36-14)38-21(15)31-6-29-11-17(23)25-4-27-19(11)31/h3-6,8-9,12-15,20-21,32-33,41H,1-2,7H2,(H2,22,24,26)(H2,23,25,27)/t8-,9-,12-,13-,14-,15-,20-,21-/m1/s1. The molecule has 1 unspecified atom stereocenters. The Morgan fingerprint density at radius 2 is 1.44 bits per heavy atom. The third-order valence-electron chi connectivity index (χ3n) is 7.17. The Balaban J connectivity index is 1.13. The average molecular weight is 592 g/mol. The highest BCUT2D eigenvalue weighted by Gasteiger charge is 2.49. The summed E-state index contributed by atoms with van der Waals surface area (Å²) in [5, 5.41) is 22.1. The van der Waals surface area contributed by atoms with Gasteiger partial charge in [0.05, 0.1) is 25.9 Å². The zero-order valence-electron chi connectivity index (χ0n) is 21.0. The van der Waals surface area contributed by atoms with Gasteiger partial charge >= 0.3 is 8.25 Å². The van der Waals surface area contributed by atoms with Crippen LogP contribution < -0.4 is 11.5 Å². The normalized spacial score (nSPS) is 34.7. The summed E-state index contributed by atoms with van der Waals surface area (Å²) in [6.07, 6.45) is -3.00. The minimum absolute atomic E-state index is 0.122. The molecular formula is C21H25N10O9P. The number of nitrogen functional groups attached to an aromatic ring is 2. The van der Waals surface area contributed by atoms with Gasteiger partial charge in [0.2, 0.25) is 0 Å². The molecule has 3 fully saturated rings. The van der Waals surface area contributed by atoms with Gasteiger partial charge in [-0.15, -0.1) is 0 Å². The smallest absolute Gasteiger partial charge is 0.319 e. The lowest BCUT2D eigenvalue weighted by molar-refractivity contribution is -0.152. The van der Waals surface area contributed by atoms with Crippen molar-refractivity contribution >= 4 is 42.2 Å². The van der Waals surface area contributed by atoms with Crippen molar-refractivity contribution in [2.24, 2.45) is 0 Å². The van der Waals surface area contributed by atoms with Crippen LogP contribution in [0.3, 0.4) is 0 Å². The molecular weight excluding hydrogens is 567 g/mol. The SMILES string of the molecule is Nc1ncnc2c1ncn2[C@@H]1O[C@@H]2CO[PH](=O)O[C@@H]3[C@H](O)[C@@H](COCO[C@H]2[C@H]1O)O[C@H]3n1cnc2c(N)ncnc21. The number of hydrogen-bond acceptors (Lipinski definition) is 17. The number of nitrogens with two attached hydrogens (primary N) is 2. The molecule has 7 rings (SSSR count). The van der Waals surface area contributed by atoms with Crippen molar-refractivity contribution < 1.29 is 42.8 Å². The van der Waals surface area contributed by atoms with Gasteiger partial charge in [0.15, 0.2) is 35.4 Å². The molecule has 6 N–H and O–H groups in total. The Morgan fingerprint density at radius 1 is 0.805 bits per heavy atom. The number of nitrogens with zero attached hydrogens (tertiary/aromatic N) is 8. The summed E-state index contributed by atoms with van der Waals surface area (Å²) in [6, 6.07) is 0. The Morgan fingerprint density at radius 3 is 2.12 bits per heavy atom. The summed E-state index contributed by atoms with van der Waals surface area (Å²) in [5.41, 5.74) is 13.1. The van der Waals surface area contributed by atoms with Crippen LogP contribution in [0.15, 0.2) is 25.3 Å². The number of imidazole rings is 2. The number of aliphatic hydroxyl groups is 2. The number of rotatable bonds is 2. The highest BCUT2D eigenvalue weighted by Crippen LogP contribution is 2.41. The fourth-order valence-corrected chi connectivity index (χ4v) is 6.04. The van der Waals surface area contributed by atoms with Gasteiger partial charge in [-0.1, -0.05) is 0 Å². The number of ether oxygens (including phenoxy) is 4. The second kappa shape index (κ2) is 10.5. The largest absolute Gasteiger partial charge is 0.387 e. The van der Waals surface area contributed by atoms with Crippen LogP contribution in [0.5, 0.6) is 0 Å². The maximum Gasteiger partial charge on any atom is 0.319 e. The summed E-state index contributed by atoms with van der Waals surface area (Å²) in [4.78, 5) is 24.7. The molecule has 0 amide bonds. The Labute approximate surface area is 230 Å². The molecule has 4 aromatic rings. The van der Waals surface area contributed by atoms with E-state index in [1.807, 2.05) is 0 Å². The number of aliphatic hydroxyl groups excluding tert-OH is 2. The molecule has 3 aliphatic heterocycles. The molecule has 7 heterocycles. The van der Waals surface area contributed by atoms with Crippen molar-refractivity contribution in [3.8, 4) is 0 Å². The fourth-order valence-electron chi connectivity index (χ4n) is 5.20. The van der Waals surface area contributed by atoms with Crippen LogP contribution in [0.1, 0.15) is 12.5 Å². The number of anilines is 2. The molecule has 218 valence electrons. The van der Waals surface area contributed by atoms with Crippen LogP contribution in [0.25, 0.3) is 22.3 Å². The number of fused-ring (bicyclic) bond motifs is 5. The van der Waals surface area contributed by atoms with E-state index in [0.717, 1.165) is 0 Å². The molecule has 0 aromatic carbocycles. The lowest BCUT2D eigenvalue weighted by Crippen LogP contribution is -2.37. The van der Waals surface area contributed by atoms with Crippen molar-refractivity contribution in [3.05, 3.63) is 25.3 Å². The Bertz CT molecular complexity index is 1600. The van der Waals surface area contributed by atoms with E-state index in [4.69, 9.17) is 39.5 Å². The van der Waals surface area contributed by atoms with Gasteiger partial charge in [0, 0.05) is 0 Å². The monoisotopic (exact) mass is 592 g/mol. The van der Waals surface area contributed by atoms with Crippen molar-refractivity contribution in [1.29, 1.82) is 0 Å². The molecule has 20 heteroatoms. The summed E-state index contributed by atoms with van der Waals surface area (Å²) < 4.78 is 50.8. The lowest BCUT2D eigenvalue weighted by Gasteiger charge is -2.23. The quantitative estimate of drug-likeness (QED) is 0.193. The van der Waals surface area contributed by atoms with E-state index in [0.29, 0.717) is 22.3 Å². The van der Waals surface area contributed by atoms with E-state index in [1.54, 1.807) is 0 Å². The molecule has 0 spiro atoms. The van der Waals surface area contributed by atoms with Gasteiger partial charge in [-0.3, -0.25) is 18.2 Å². The first-order chi connectivity index (χ1) is 19.9. The molecule has 41 heavy (non-hydrogen) atoms. The first-order valence-electron chi connectivity index (χ1n) is 12.5. The maximum atomic E-state index is 13.0. The average Bonchev–Trinajstić information content (AvgIpc) is 3.72. The van der Waals surface area contributed by atoms with Crippen molar-refractivity contribution in [2.45, 2.75) is 49.1 Å². The number of hydrogen-bond donors (Lipinski definition) is 4. The van der Waals surface area contributed by atoms with E-state index in [2.05, 4.69) is 29.9 Å². The van der Waals surface area contributed by atoms with E-state index in [9.17, 15) is 14.8 Å². The van der Waals surface area contributed by atoms with Gasteiger partial charge < -0.3 is 45.2 Å². The third-order valence-corrected chi connectivity index (χ3v) is 8.04. The topological polar surface area (TPSA) is 252 Å². The molecule has 0 saturated carbocycles. The molecule has 9 atom stereocenters. The van der Waals surface area contributed by atoms with Crippen LogP contribution in [0, 0.1) is 0 Å². The van der Waals surface area contributed by atoms with Crippen molar-refractivity contribution in [3.63, 3.8) is 0 Å². The molecule has 2 bridgehead atoms. The highest BCUT2D eigenvalue weighted by molar-refractivity contribution is 7.33. The molecule has 0 radical (unpaired) electrons. The highest BCUT2D eigenvalue weighted by atomic mass is 31.1. The molecule has 0 aliphatic carbocycles. The second-order valence-corrected chi connectivity index (χ2v) is 10.6. The lowest BCUT2D eigenvalue weighted by atomic mass is 10.1. The van der Waals surface area contributed by atoms with Crippen LogP contribution in [-0.2, 0) is 32.6 Å². The van der Waals surface area contributed by atoms with Crippen LogP contribution in [0.4, 0.5) is 11.6 Å². The summed E-state index contributed by atoms with van der Waals surface area (Å²) in [5.74, 6) is 0.330. The summed E-state index contributed by atoms with van der Waals surface area (Å²) >= 11 is 0. The van der Waals surface area contributed by atoms with E-state index in [1.165, 1.54) is 34.4 Å². The molecule has 4 aromatic heterocycles. The molecule has 3 aliphatic rings. The van der Waals surface area contributed by atoms with Crippen LogP contribution in [0.2, 0.25) is 0 Å². The van der Waals surface area contributed by atoms with E-state index in [-0.39, 0.29) is 31.6 Å². The fraction of sp³-hybridized carbons (Fsp3) is 0.524. The van der Waals surface area contributed by atoms with Crippen molar-refractivity contribution in [2.75, 3.05) is 31.5 Å². The zero-order chi connectivity index (χ0) is 28.2. The van der Waals surface area contributed by atoms with E-state index < -0.39 is 57.3 Å². The van der Waals surface area contributed by atoms with Gasteiger partial charge in [-0.2, -0.15) is 0 Å². The Hall–Kier alpha value is -3.39. The summed E-state index contributed by atoms with van der Waals surface area (Å²) in [7, 11) is -3.24. The Kier molecular flexibility index (Phi) is 6.76. The third kappa shape index (κ3) is 4.51. The predicted molar refractivity (Wildman–Crippen MR) is 135 cm³/mol.